The van der Waals surface area contributed by atoms with Gasteiger partial charge in [0.15, 0.2) is 0 Å². The van der Waals surface area contributed by atoms with Crippen LogP contribution < -0.4 is 10.5 Å². The molecule has 0 spiro atoms. The van der Waals surface area contributed by atoms with Crippen molar-refractivity contribution < 1.29 is 17.9 Å². The van der Waals surface area contributed by atoms with E-state index in [9.17, 15) is 8.42 Å². The van der Waals surface area contributed by atoms with Gasteiger partial charge in [0.25, 0.3) is 0 Å². The molecule has 0 bridgehead atoms. The Balaban J connectivity index is 2.37. The maximum atomic E-state index is 13.2. The second-order valence-corrected chi connectivity index (χ2v) is 9.54. The van der Waals surface area contributed by atoms with Gasteiger partial charge >= 0.3 is 0 Å². The van der Waals surface area contributed by atoms with Gasteiger partial charge in [-0.2, -0.15) is 4.31 Å². The summed E-state index contributed by atoms with van der Waals surface area (Å²) in [4.78, 5) is 0.0780. The molecule has 8 heteroatoms. The lowest BCUT2D eigenvalue weighted by molar-refractivity contribution is 0.0898. The first-order valence-electron chi connectivity index (χ1n) is 8.29. The first kappa shape index (κ1) is 20.5. The van der Waals surface area contributed by atoms with Crippen molar-refractivity contribution in [3.63, 3.8) is 0 Å². The maximum absolute atomic E-state index is 13.2. The number of halogens is 1. The molecule has 0 aliphatic carbocycles. The van der Waals surface area contributed by atoms with Crippen LogP contribution in [0.1, 0.15) is 27.2 Å². The molecule has 25 heavy (non-hydrogen) atoms. The van der Waals surface area contributed by atoms with E-state index in [2.05, 4.69) is 0 Å². The average Bonchev–Trinajstić information content (AvgIpc) is 2.51. The van der Waals surface area contributed by atoms with Crippen LogP contribution in [0, 0.1) is 5.41 Å². The van der Waals surface area contributed by atoms with Crippen molar-refractivity contribution in [2.24, 2.45) is 11.1 Å². The van der Waals surface area contributed by atoms with Crippen LogP contribution >= 0.6 is 11.6 Å². The lowest BCUT2D eigenvalue weighted by Gasteiger charge is -2.41. The van der Waals surface area contributed by atoms with Crippen molar-refractivity contribution in [1.82, 2.24) is 4.31 Å². The van der Waals surface area contributed by atoms with Crippen molar-refractivity contribution in [2.75, 3.05) is 26.8 Å². The van der Waals surface area contributed by atoms with E-state index < -0.39 is 10.0 Å². The van der Waals surface area contributed by atoms with Crippen LogP contribution in [0.2, 0.25) is 5.02 Å². The first-order valence-corrected chi connectivity index (χ1v) is 10.1. The molecule has 2 rings (SSSR count). The molecule has 0 radical (unpaired) electrons. The van der Waals surface area contributed by atoms with Gasteiger partial charge in [0.1, 0.15) is 16.7 Å². The molecule has 2 atom stereocenters. The molecule has 142 valence electrons. The van der Waals surface area contributed by atoms with Crippen molar-refractivity contribution in [3.05, 3.63) is 23.2 Å². The summed E-state index contributed by atoms with van der Waals surface area (Å²) in [6.45, 7) is 6.87. The zero-order chi connectivity index (χ0) is 18.8. The molecule has 1 fully saturated rings. The average molecular weight is 391 g/mol. The fraction of sp³-hybridized carbons (Fsp3) is 0.647. The van der Waals surface area contributed by atoms with E-state index in [1.54, 1.807) is 19.2 Å². The normalized spacial score (nSPS) is 22.6. The van der Waals surface area contributed by atoms with Crippen LogP contribution in [0.25, 0.3) is 0 Å². The zero-order valence-electron chi connectivity index (χ0n) is 15.2. The molecule has 1 aromatic rings. The fourth-order valence-corrected chi connectivity index (χ4v) is 4.94. The van der Waals surface area contributed by atoms with E-state index in [1.807, 2.05) is 20.8 Å². The number of nitrogens with zero attached hydrogens (tertiary/aromatic N) is 1. The van der Waals surface area contributed by atoms with Crippen LogP contribution in [-0.2, 0) is 14.8 Å². The summed E-state index contributed by atoms with van der Waals surface area (Å²) in [6.07, 6.45) is 0.328. The summed E-state index contributed by atoms with van der Waals surface area (Å²) in [5, 5.41) is 0.346. The SMILES string of the molecule is COCC(C)Oc1ccc(Cl)cc1S(=O)(=O)N1CCC(N)C(C)(C)C1. The van der Waals surface area contributed by atoms with Crippen molar-refractivity contribution in [2.45, 2.75) is 44.2 Å². The number of ether oxygens (including phenoxy) is 2. The van der Waals surface area contributed by atoms with Crippen LogP contribution in [-0.4, -0.2) is 51.7 Å². The van der Waals surface area contributed by atoms with Gasteiger partial charge in [0.2, 0.25) is 10.0 Å². The van der Waals surface area contributed by atoms with Gasteiger partial charge in [0.05, 0.1) is 6.61 Å². The highest BCUT2D eigenvalue weighted by atomic mass is 35.5. The number of nitrogens with two attached hydrogens (primary N) is 1. The van der Waals surface area contributed by atoms with E-state index >= 15 is 0 Å². The van der Waals surface area contributed by atoms with Crippen molar-refractivity contribution >= 4 is 21.6 Å². The molecule has 1 aliphatic rings. The number of sulfonamides is 1. The standard InChI is InChI=1S/C17H27ClN2O4S/c1-12(10-23-4)24-14-6-5-13(18)9-15(14)25(21,22)20-8-7-16(19)17(2,3)11-20/h5-6,9,12,16H,7-8,10-11,19H2,1-4H3. The van der Waals surface area contributed by atoms with Crippen molar-refractivity contribution in [1.29, 1.82) is 0 Å². The Labute approximate surface area is 155 Å². The molecule has 0 saturated carbocycles. The summed E-state index contributed by atoms with van der Waals surface area (Å²) in [6, 6.07) is 4.61. The van der Waals surface area contributed by atoms with Gasteiger partial charge in [-0.3, -0.25) is 0 Å². The van der Waals surface area contributed by atoms with Gasteiger partial charge in [-0.1, -0.05) is 25.4 Å². The molecular weight excluding hydrogens is 364 g/mol. The Hall–Kier alpha value is -0.860. The highest BCUT2D eigenvalue weighted by Gasteiger charge is 2.39. The fourth-order valence-electron chi connectivity index (χ4n) is 2.94. The molecule has 0 amide bonds. The third-order valence-corrected chi connectivity index (χ3v) is 6.63. The van der Waals surface area contributed by atoms with E-state index in [0.717, 1.165) is 0 Å². The Morgan fingerprint density at radius 1 is 1.44 bits per heavy atom. The molecule has 1 aliphatic heterocycles. The Morgan fingerprint density at radius 3 is 2.72 bits per heavy atom. The van der Waals surface area contributed by atoms with Crippen LogP contribution in [0.5, 0.6) is 5.75 Å². The monoisotopic (exact) mass is 390 g/mol. The molecule has 1 aromatic carbocycles. The number of piperidine rings is 1. The maximum Gasteiger partial charge on any atom is 0.246 e. The molecule has 1 heterocycles. The molecule has 0 aromatic heterocycles. The van der Waals surface area contributed by atoms with Gasteiger partial charge in [-0.05, 0) is 37.0 Å². The molecule has 2 N–H and O–H groups in total. The van der Waals surface area contributed by atoms with Crippen LogP contribution in [0.4, 0.5) is 0 Å². The van der Waals surface area contributed by atoms with Gasteiger partial charge in [0, 0.05) is 31.3 Å². The van der Waals surface area contributed by atoms with E-state index in [1.165, 1.54) is 10.4 Å². The highest BCUT2D eigenvalue weighted by Crippen LogP contribution is 2.35. The zero-order valence-corrected chi connectivity index (χ0v) is 16.7. The van der Waals surface area contributed by atoms with E-state index in [0.29, 0.717) is 31.1 Å². The lowest BCUT2D eigenvalue weighted by atomic mass is 9.81. The number of benzene rings is 1. The Bertz CT molecular complexity index is 709. The third kappa shape index (κ3) is 4.65. The third-order valence-electron chi connectivity index (χ3n) is 4.53. The molecular formula is C17H27ClN2O4S. The molecule has 1 saturated heterocycles. The van der Waals surface area contributed by atoms with E-state index in [-0.39, 0.29) is 28.2 Å². The minimum Gasteiger partial charge on any atom is -0.487 e. The summed E-state index contributed by atoms with van der Waals surface area (Å²) >= 11 is 6.06. The summed E-state index contributed by atoms with van der Waals surface area (Å²) in [5.41, 5.74) is 5.83. The van der Waals surface area contributed by atoms with Crippen LogP contribution in [0.15, 0.2) is 23.1 Å². The van der Waals surface area contributed by atoms with Gasteiger partial charge in [-0.25, -0.2) is 8.42 Å². The Morgan fingerprint density at radius 2 is 2.12 bits per heavy atom. The topological polar surface area (TPSA) is 81.9 Å². The lowest BCUT2D eigenvalue weighted by Crippen LogP contribution is -2.53. The second-order valence-electron chi connectivity index (χ2n) is 7.20. The quantitative estimate of drug-likeness (QED) is 0.806. The number of hydrogen-bond donors (Lipinski definition) is 1. The minimum atomic E-state index is -3.74. The number of rotatable bonds is 6. The predicted molar refractivity (Wildman–Crippen MR) is 98.6 cm³/mol. The van der Waals surface area contributed by atoms with Crippen LogP contribution in [0.3, 0.4) is 0 Å². The smallest absolute Gasteiger partial charge is 0.246 e. The second kappa shape index (κ2) is 7.80. The molecule has 2 unspecified atom stereocenters. The highest BCUT2D eigenvalue weighted by molar-refractivity contribution is 7.89. The largest absolute Gasteiger partial charge is 0.487 e. The van der Waals surface area contributed by atoms with Gasteiger partial charge in [-0.15, -0.1) is 0 Å². The van der Waals surface area contributed by atoms with E-state index in [4.69, 9.17) is 26.8 Å². The van der Waals surface area contributed by atoms with Gasteiger partial charge < -0.3 is 15.2 Å². The number of hydrogen-bond acceptors (Lipinski definition) is 5. The van der Waals surface area contributed by atoms with Crippen molar-refractivity contribution in [3.8, 4) is 5.75 Å². The Kier molecular flexibility index (Phi) is 6.38. The first-order chi connectivity index (χ1) is 11.6. The summed E-state index contributed by atoms with van der Waals surface area (Å²) in [7, 11) is -2.17. The molecule has 6 nitrogen and oxygen atoms in total. The minimum absolute atomic E-state index is 0.0317. The summed E-state index contributed by atoms with van der Waals surface area (Å²) < 4.78 is 38.7. The predicted octanol–water partition coefficient (Wildman–Crippen LogP) is 2.50. The summed E-state index contributed by atoms with van der Waals surface area (Å²) in [5.74, 6) is 0.279. The number of methoxy groups -OCH3 is 1.